The van der Waals surface area contributed by atoms with Crippen LogP contribution in [0.3, 0.4) is 0 Å². The molecule has 1 rings (SSSR count). The van der Waals surface area contributed by atoms with E-state index in [4.69, 9.17) is 9.47 Å². The smallest absolute Gasteiger partial charge is 0.330 e. The van der Waals surface area contributed by atoms with Crippen LogP contribution in [0.25, 0.3) is 0 Å². The second-order valence-corrected chi connectivity index (χ2v) is 3.78. The molecule has 0 saturated carbocycles. The van der Waals surface area contributed by atoms with Crippen molar-refractivity contribution in [3.63, 3.8) is 0 Å². The Morgan fingerprint density at radius 2 is 1.47 bits per heavy atom. The molecule has 0 heterocycles. The summed E-state index contributed by atoms with van der Waals surface area (Å²) >= 11 is 0. The van der Waals surface area contributed by atoms with Crippen molar-refractivity contribution in [3.8, 4) is 0 Å². The summed E-state index contributed by atoms with van der Waals surface area (Å²) in [4.78, 5) is 22.2. The van der Waals surface area contributed by atoms with Gasteiger partial charge in [-0.05, 0) is 5.56 Å². The molecule has 0 saturated heterocycles. The Balaban J connectivity index is 2.67. The molecule has 0 spiro atoms. The highest BCUT2D eigenvalue weighted by molar-refractivity contribution is 5.81. The summed E-state index contributed by atoms with van der Waals surface area (Å²) in [6, 6.07) is 9.38. The van der Waals surface area contributed by atoms with Gasteiger partial charge < -0.3 is 9.47 Å². The molecule has 19 heavy (non-hydrogen) atoms. The maximum atomic E-state index is 11.1. The first kappa shape index (κ1) is 14.7. The number of carbonyl (C=O) groups is 2. The van der Waals surface area contributed by atoms with E-state index in [-0.39, 0.29) is 19.1 Å². The van der Waals surface area contributed by atoms with Crippen molar-refractivity contribution in [2.45, 2.75) is 5.92 Å². The first-order valence-corrected chi connectivity index (χ1v) is 5.80. The Morgan fingerprint density at radius 3 is 1.89 bits per heavy atom. The van der Waals surface area contributed by atoms with Crippen LogP contribution in [-0.4, -0.2) is 25.2 Å². The number of hydrogen-bond donors (Lipinski definition) is 0. The van der Waals surface area contributed by atoms with Crippen LogP contribution in [0.5, 0.6) is 0 Å². The Morgan fingerprint density at radius 1 is 1.00 bits per heavy atom. The molecule has 0 fully saturated rings. The minimum Gasteiger partial charge on any atom is -0.462 e. The van der Waals surface area contributed by atoms with Crippen molar-refractivity contribution >= 4 is 11.9 Å². The molecule has 0 aromatic heterocycles. The summed E-state index contributed by atoms with van der Waals surface area (Å²) in [7, 11) is 0. The van der Waals surface area contributed by atoms with E-state index < -0.39 is 11.9 Å². The summed E-state index contributed by atoms with van der Waals surface area (Å²) in [5, 5.41) is 0. The molecule has 0 unspecified atom stereocenters. The molecular weight excluding hydrogens is 244 g/mol. The molecule has 4 nitrogen and oxygen atoms in total. The van der Waals surface area contributed by atoms with Crippen LogP contribution in [0.1, 0.15) is 11.5 Å². The molecule has 100 valence electrons. The van der Waals surface area contributed by atoms with E-state index in [2.05, 4.69) is 13.2 Å². The highest BCUT2D eigenvalue weighted by atomic mass is 16.5. The molecule has 0 N–H and O–H groups in total. The molecule has 0 atom stereocenters. The molecular formula is C15H16O4. The maximum Gasteiger partial charge on any atom is 0.330 e. The highest BCUT2D eigenvalue weighted by Crippen LogP contribution is 2.16. The van der Waals surface area contributed by atoms with E-state index in [1.165, 1.54) is 0 Å². The van der Waals surface area contributed by atoms with Gasteiger partial charge in [0.1, 0.15) is 13.2 Å². The Kier molecular flexibility index (Phi) is 6.09. The van der Waals surface area contributed by atoms with Crippen LogP contribution in [-0.2, 0) is 19.1 Å². The Bertz CT molecular complexity index is 426. The third-order valence-electron chi connectivity index (χ3n) is 2.46. The fourth-order valence-corrected chi connectivity index (χ4v) is 1.45. The first-order chi connectivity index (χ1) is 9.17. The fourth-order valence-electron chi connectivity index (χ4n) is 1.45. The number of benzene rings is 1. The van der Waals surface area contributed by atoms with Gasteiger partial charge in [0.15, 0.2) is 0 Å². The minimum absolute atomic E-state index is 0.124. The van der Waals surface area contributed by atoms with Gasteiger partial charge in [0.25, 0.3) is 0 Å². The molecule has 0 aliphatic rings. The zero-order valence-corrected chi connectivity index (χ0v) is 10.6. The normalized spacial score (nSPS) is 9.74. The summed E-state index contributed by atoms with van der Waals surface area (Å²) in [5.41, 5.74) is 0.927. The Labute approximate surface area is 112 Å². The fraction of sp³-hybridized carbons (Fsp3) is 0.200. The molecule has 0 aliphatic carbocycles. The van der Waals surface area contributed by atoms with E-state index in [0.717, 1.165) is 17.7 Å². The second kappa shape index (κ2) is 7.87. The van der Waals surface area contributed by atoms with Gasteiger partial charge in [-0.3, -0.25) is 0 Å². The van der Waals surface area contributed by atoms with Gasteiger partial charge in [-0.25, -0.2) is 9.59 Å². The SMILES string of the molecule is C=CC(=O)OCC(COC(=O)C=C)c1ccccc1. The van der Waals surface area contributed by atoms with E-state index in [9.17, 15) is 9.59 Å². The number of carbonyl (C=O) groups excluding carboxylic acids is 2. The third-order valence-corrected chi connectivity index (χ3v) is 2.46. The average Bonchev–Trinajstić information content (AvgIpc) is 2.47. The molecule has 1 aromatic carbocycles. The molecule has 0 aliphatic heterocycles. The summed E-state index contributed by atoms with van der Waals surface area (Å²) in [6.45, 7) is 6.90. The van der Waals surface area contributed by atoms with E-state index in [1.807, 2.05) is 30.3 Å². The van der Waals surface area contributed by atoms with Crippen LogP contribution in [0, 0.1) is 0 Å². The number of rotatable bonds is 7. The maximum absolute atomic E-state index is 11.1. The van der Waals surface area contributed by atoms with Crippen molar-refractivity contribution in [1.29, 1.82) is 0 Å². The van der Waals surface area contributed by atoms with Crippen molar-refractivity contribution in [2.75, 3.05) is 13.2 Å². The van der Waals surface area contributed by atoms with Gasteiger partial charge in [-0.2, -0.15) is 0 Å². The number of esters is 2. The van der Waals surface area contributed by atoms with Crippen LogP contribution in [0.15, 0.2) is 55.6 Å². The predicted octanol–water partition coefficient (Wildman–Crippen LogP) is 2.23. The average molecular weight is 260 g/mol. The largest absolute Gasteiger partial charge is 0.462 e. The van der Waals surface area contributed by atoms with Crippen molar-refractivity contribution in [2.24, 2.45) is 0 Å². The van der Waals surface area contributed by atoms with Gasteiger partial charge in [-0.1, -0.05) is 43.5 Å². The topological polar surface area (TPSA) is 52.6 Å². The number of ether oxygens (including phenoxy) is 2. The lowest BCUT2D eigenvalue weighted by Gasteiger charge is -2.16. The standard InChI is InChI=1S/C15H16O4/c1-3-14(16)18-10-13(11-19-15(17)4-2)12-8-6-5-7-9-12/h3-9,13H,1-2,10-11H2. The van der Waals surface area contributed by atoms with Gasteiger partial charge in [0.2, 0.25) is 0 Å². The minimum atomic E-state index is -0.504. The molecule has 0 bridgehead atoms. The zero-order chi connectivity index (χ0) is 14.1. The van der Waals surface area contributed by atoms with Crippen LogP contribution < -0.4 is 0 Å². The molecule has 0 radical (unpaired) electrons. The van der Waals surface area contributed by atoms with Gasteiger partial charge >= 0.3 is 11.9 Å². The van der Waals surface area contributed by atoms with E-state index in [0.29, 0.717) is 0 Å². The third kappa shape index (κ3) is 5.21. The van der Waals surface area contributed by atoms with Crippen molar-refractivity contribution in [1.82, 2.24) is 0 Å². The molecule has 1 aromatic rings. The predicted molar refractivity (Wildman–Crippen MR) is 71.5 cm³/mol. The summed E-state index contributed by atoms with van der Waals surface area (Å²) < 4.78 is 10.00. The Hall–Kier alpha value is -2.36. The van der Waals surface area contributed by atoms with Crippen LogP contribution in [0.4, 0.5) is 0 Å². The second-order valence-electron chi connectivity index (χ2n) is 3.78. The summed E-state index contributed by atoms with van der Waals surface area (Å²) in [6.07, 6.45) is 2.19. The monoisotopic (exact) mass is 260 g/mol. The first-order valence-electron chi connectivity index (χ1n) is 5.80. The van der Waals surface area contributed by atoms with Gasteiger partial charge in [-0.15, -0.1) is 0 Å². The van der Waals surface area contributed by atoms with Crippen molar-refractivity contribution in [3.05, 3.63) is 61.2 Å². The number of hydrogen-bond acceptors (Lipinski definition) is 4. The van der Waals surface area contributed by atoms with Crippen LogP contribution in [0.2, 0.25) is 0 Å². The lowest BCUT2D eigenvalue weighted by Crippen LogP contribution is -2.18. The van der Waals surface area contributed by atoms with Crippen molar-refractivity contribution < 1.29 is 19.1 Å². The van der Waals surface area contributed by atoms with E-state index >= 15 is 0 Å². The van der Waals surface area contributed by atoms with Crippen LogP contribution >= 0.6 is 0 Å². The van der Waals surface area contributed by atoms with Gasteiger partial charge in [0, 0.05) is 12.2 Å². The lowest BCUT2D eigenvalue weighted by atomic mass is 10.0. The summed E-state index contributed by atoms with van der Waals surface area (Å²) in [5.74, 6) is -1.22. The molecule has 0 amide bonds. The zero-order valence-electron chi connectivity index (χ0n) is 10.6. The highest BCUT2D eigenvalue weighted by Gasteiger charge is 2.15. The van der Waals surface area contributed by atoms with E-state index in [1.54, 1.807) is 0 Å². The molecule has 4 heteroatoms. The van der Waals surface area contributed by atoms with Gasteiger partial charge in [0.05, 0.1) is 5.92 Å². The lowest BCUT2D eigenvalue weighted by molar-refractivity contribution is -0.141. The quantitative estimate of drug-likeness (QED) is 0.557.